The van der Waals surface area contributed by atoms with Crippen LogP contribution in [0.2, 0.25) is 0 Å². The second kappa shape index (κ2) is 6.50. The van der Waals surface area contributed by atoms with Crippen LogP contribution >= 0.6 is 11.6 Å². The van der Waals surface area contributed by atoms with Crippen molar-refractivity contribution < 1.29 is 14.3 Å². The van der Waals surface area contributed by atoms with Gasteiger partial charge in [0.1, 0.15) is 16.9 Å². The highest BCUT2D eigenvalue weighted by Gasteiger charge is 2.22. The Bertz CT molecular complexity index is 421. The smallest absolute Gasteiger partial charge is 0.242 e. The molecule has 100 valence electrons. The predicted octanol–water partition coefficient (Wildman–Crippen LogP) is 2.51. The van der Waals surface area contributed by atoms with E-state index in [-0.39, 0.29) is 11.9 Å². The van der Waals surface area contributed by atoms with Gasteiger partial charge in [0.2, 0.25) is 5.91 Å². The molecule has 0 heterocycles. The minimum Gasteiger partial charge on any atom is -0.497 e. The lowest BCUT2D eigenvalue weighted by Gasteiger charge is -2.16. The van der Waals surface area contributed by atoms with Crippen LogP contribution in [0.4, 0.5) is 0 Å². The molecule has 1 aromatic carbocycles. The molecule has 0 radical (unpaired) electrons. The highest BCUT2D eigenvalue weighted by molar-refractivity contribution is 6.31. The second-order valence-electron chi connectivity index (χ2n) is 4.13. The van der Waals surface area contributed by atoms with Gasteiger partial charge < -0.3 is 14.8 Å². The van der Waals surface area contributed by atoms with Gasteiger partial charge in [-0.05, 0) is 32.0 Å². The number of ether oxygens (including phenoxy) is 2. The van der Waals surface area contributed by atoms with Crippen molar-refractivity contribution >= 4 is 17.5 Å². The first-order chi connectivity index (χ1) is 8.49. The molecule has 1 atom stereocenters. The van der Waals surface area contributed by atoms with Crippen LogP contribution < -0.4 is 14.8 Å². The number of methoxy groups -OCH3 is 2. The Morgan fingerprint density at radius 1 is 1.28 bits per heavy atom. The summed E-state index contributed by atoms with van der Waals surface area (Å²) in [5.41, 5.74) is 0.594. The Labute approximate surface area is 112 Å². The first-order valence-electron chi connectivity index (χ1n) is 5.66. The molecule has 1 rings (SSSR count). The van der Waals surface area contributed by atoms with Crippen molar-refractivity contribution in [2.75, 3.05) is 14.2 Å². The maximum atomic E-state index is 11.9. The van der Waals surface area contributed by atoms with Gasteiger partial charge in [-0.3, -0.25) is 4.79 Å². The molecule has 4 nitrogen and oxygen atoms in total. The quantitative estimate of drug-likeness (QED) is 0.837. The molecule has 0 saturated carbocycles. The number of carbonyl (C=O) groups is 1. The van der Waals surface area contributed by atoms with Gasteiger partial charge in [0.15, 0.2) is 0 Å². The van der Waals surface area contributed by atoms with E-state index in [1.807, 2.05) is 13.8 Å². The van der Waals surface area contributed by atoms with Crippen LogP contribution in [0.25, 0.3) is 0 Å². The zero-order valence-electron chi connectivity index (χ0n) is 11.0. The van der Waals surface area contributed by atoms with Gasteiger partial charge in [0.25, 0.3) is 0 Å². The summed E-state index contributed by atoms with van der Waals surface area (Å²) in [4.78, 5) is 11.9. The number of halogens is 1. The molecule has 0 bridgehead atoms. The molecule has 0 spiro atoms. The van der Waals surface area contributed by atoms with Crippen molar-refractivity contribution in [3.63, 3.8) is 0 Å². The monoisotopic (exact) mass is 271 g/mol. The maximum Gasteiger partial charge on any atom is 0.242 e. The van der Waals surface area contributed by atoms with E-state index in [0.717, 1.165) is 0 Å². The number of carbonyl (C=O) groups excluding carboxylic acids is 1. The zero-order chi connectivity index (χ0) is 13.7. The third kappa shape index (κ3) is 3.53. The molecule has 1 aromatic rings. The van der Waals surface area contributed by atoms with Gasteiger partial charge in [0, 0.05) is 11.6 Å². The summed E-state index contributed by atoms with van der Waals surface area (Å²) in [7, 11) is 3.10. The van der Waals surface area contributed by atoms with Gasteiger partial charge >= 0.3 is 0 Å². The van der Waals surface area contributed by atoms with Crippen molar-refractivity contribution in [1.29, 1.82) is 0 Å². The minimum absolute atomic E-state index is 0.0374. The van der Waals surface area contributed by atoms with Crippen molar-refractivity contribution in [1.82, 2.24) is 5.32 Å². The molecule has 0 aliphatic heterocycles. The zero-order valence-corrected chi connectivity index (χ0v) is 11.7. The number of hydrogen-bond acceptors (Lipinski definition) is 3. The van der Waals surface area contributed by atoms with Gasteiger partial charge in [-0.25, -0.2) is 0 Å². The Hall–Kier alpha value is -1.42. The van der Waals surface area contributed by atoms with Crippen LogP contribution in [-0.2, 0) is 4.79 Å². The van der Waals surface area contributed by atoms with Crippen LogP contribution in [0.1, 0.15) is 24.8 Å². The third-order valence-corrected chi connectivity index (χ3v) is 2.80. The lowest BCUT2D eigenvalue weighted by atomic mass is 10.1. The summed E-state index contributed by atoms with van der Waals surface area (Å²) in [6, 6.07) is 5.23. The van der Waals surface area contributed by atoms with Crippen LogP contribution in [0.3, 0.4) is 0 Å². The van der Waals surface area contributed by atoms with Crippen LogP contribution in [0.5, 0.6) is 11.5 Å². The number of hydrogen-bond donors (Lipinski definition) is 1. The topological polar surface area (TPSA) is 47.6 Å². The Balaban J connectivity index is 3.02. The van der Waals surface area contributed by atoms with E-state index in [9.17, 15) is 4.79 Å². The summed E-state index contributed by atoms with van der Waals surface area (Å²) in [6.07, 6.45) is 0. The van der Waals surface area contributed by atoms with Gasteiger partial charge in [-0.15, -0.1) is 11.6 Å². The summed E-state index contributed by atoms with van der Waals surface area (Å²) in [6.45, 7) is 3.76. The summed E-state index contributed by atoms with van der Waals surface area (Å²) in [5, 5.41) is 1.95. The molecule has 0 saturated heterocycles. The first kappa shape index (κ1) is 14.6. The molecule has 0 aliphatic rings. The Morgan fingerprint density at radius 2 is 1.94 bits per heavy atom. The van der Waals surface area contributed by atoms with Crippen LogP contribution in [-0.4, -0.2) is 26.2 Å². The lowest BCUT2D eigenvalue weighted by molar-refractivity contribution is -0.121. The second-order valence-corrected chi connectivity index (χ2v) is 4.57. The molecule has 0 fully saturated rings. The largest absolute Gasteiger partial charge is 0.497 e. The van der Waals surface area contributed by atoms with Gasteiger partial charge in [0.05, 0.1) is 14.2 Å². The first-order valence-corrected chi connectivity index (χ1v) is 6.09. The van der Waals surface area contributed by atoms with Crippen LogP contribution in [0, 0.1) is 0 Å². The number of benzene rings is 1. The van der Waals surface area contributed by atoms with E-state index in [4.69, 9.17) is 21.1 Å². The summed E-state index contributed by atoms with van der Waals surface area (Å²) < 4.78 is 10.3. The predicted molar refractivity (Wildman–Crippen MR) is 71.4 cm³/mol. The standard InChI is InChI=1S/C13H18ClNO3/c1-8(2)15-13(16)12(14)10-7-9(17-3)5-6-11(10)18-4/h5-8,12H,1-4H3,(H,15,16). The van der Waals surface area contributed by atoms with Gasteiger partial charge in [-0.2, -0.15) is 0 Å². The van der Waals surface area contributed by atoms with E-state index < -0.39 is 5.38 Å². The fourth-order valence-electron chi connectivity index (χ4n) is 1.54. The van der Waals surface area contributed by atoms with Crippen molar-refractivity contribution in [3.8, 4) is 11.5 Å². The Kier molecular flexibility index (Phi) is 5.28. The summed E-state index contributed by atoms with van der Waals surface area (Å²) in [5.74, 6) is 0.946. The molecule has 5 heteroatoms. The molecular formula is C13H18ClNO3. The normalized spacial score (nSPS) is 12.1. The third-order valence-electron chi connectivity index (χ3n) is 2.37. The molecule has 1 unspecified atom stereocenters. The number of alkyl halides is 1. The fourth-order valence-corrected chi connectivity index (χ4v) is 1.77. The van der Waals surface area contributed by atoms with Crippen molar-refractivity contribution in [3.05, 3.63) is 23.8 Å². The minimum atomic E-state index is -0.808. The molecule has 18 heavy (non-hydrogen) atoms. The van der Waals surface area contributed by atoms with E-state index in [2.05, 4.69) is 5.32 Å². The van der Waals surface area contributed by atoms with Crippen molar-refractivity contribution in [2.24, 2.45) is 0 Å². The molecule has 1 amide bonds. The number of amides is 1. The van der Waals surface area contributed by atoms with E-state index in [1.165, 1.54) is 7.11 Å². The van der Waals surface area contributed by atoms with Crippen molar-refractivity contribution in [2.45, 2.75) is 25.3 Å². The summed E-state index contributed by atoms with van der Waals surface area (Å²) >= 11 is 6.17. The van der Waals surface area contributed by atoms with E-state index >= 15 is 0 Å². The van der Waals surface area contributed by atoms with E-state index in [0.29, 0.717) is 17.1 Å². The lowest BCUT2D eigenvalue weighted by Crippen LogP contribution is -2.32. The average Bonchev–Trinajstić information content (AvgIpc) is 2.36. The molecule has 0 aromatic heterocycles. The molecule has 0 aliphatic carbocycles. The molecular weight excluding hydrogens is 254 g/mol. The molecule has 1 N–H and O–H groups in total. The van der Waals surface area contributed by atoms with Gasteiger partial charge in [-0.1, -0.05) is 0 Å². The Morgan fingerprint density at radius 3 is 2.44 bits per heavy atom. The number of nitrogens with one attached hydrogen (secondary N) is 1. The SMILES string of the molecule is COc1ccc(OC)c(C(Cl)C(=O)NC(C)C)c1. The number of rotatable bonds is 5. The van der Waals surface area contributed by atoms with E-state index in [1.54, 1.807) is 25.3 Å². The maximum absolute atomic E-state index is 11.9. The fraction of sp³-hybridized carbons (Fsp3) is 0.462. The average molecular weight is 272 g/mol. The van der Waals surface area contributed by atoms with Crippen LogP contribution in [0.15, 0.2) is 18.2 Å². The highest BCUT2D eigenvalue weighted by atomic mass is 35.5. The highest BCUT2D eigenvalue weighted by Crippen LogP contribution is 2.33.